The van der Waals surface area contributed by atoms with Gasteiger partial charge in [0.2, 0.25) is 0 Å². The zero-order chi connectivity index (χ0) is 12.8. The van der Waals surface area contributed by atoms with Crippen LogP contribution < -0.4 is 4.74 Å². The lowest BCUT2D eigenvalue weighted by Gasteiger charge is -2.06. The minimum atomic E-state index is -1.24. The Hall–Kier alpha value is -1.80. The molecule has 0 aliphatic rings. The number of carboxylic acid groups (broad SMARTS) is 1. The Balaban J connectivity index is 3.06. The zero-order valence-corrected chi connectivity index (χ0v) is 10.7. The Morgan fingerprint density at radius 2 is 2.35 bits per heavy atom. The maximum atomic E-state index is 10.7. The third-order valence-corrected chi connectivity index (χ3v) is 2.54. The number of benzene rings is 1. The van der Waals surface area contributed by atoms with Gasteiger partial charge in [-0.2, -0.15) is 5.26 Å². The van der Waals surface area contributed by atoms with Crippen molar-refractivity contribution >= 4 is 28.0 Å². The van der Waals surface area contributed by atoms with Crippen LogP contribution in [0.4, 0.5) is 0 Å². The van der Waals surface area contributed by atoms with Gasteiger partial charge in [-0.1, -0.05) is 6.07 Å². The lowest BCUT2D eigenvalue weighted by atomic mass is 10.1. The highest BCUT2D eigenvalue weighted by atomic mass is 79.9. The van der Waals surface area contributed by atoms with E-state index >= 15 is 0 Å². The minimum Gasteiger partial charge on any atom is -0.493 e. The molecule has 1 aromatic rings. The normalized spacial score (nSPS) is 10.8. The largest absolute Gasteiger partial charge is 0.493 e. The van der Waals surface area contributed by atoms with Crippen LogP contribution in [-0.4, -0.2) is 17.7 Å². The van der Waals surface area contributed by atoms with Crippen molar-refractivity contribution in [2.45, 2.75) is 6.92 Å². The van der Waals surface area contributed by atoms with E-state index in [1.54, 1.807) is 24.3 Å². The first-order valence-corrected chi connectivity index (χ1v) is 5.65. The molecule has 0 saturated heterocycles. The fourth-order valence-electron chi connectivity index (χ4n) is 1.19. The van der Waals surface area contributed by atoms with Gasteiger partial charge >= 0.3 is 5.97 Å². The third-order valence-electron chi connectivity index (χ3n) is 1.92. The average molecular weight is 296 g/mol. The highest BCUT2D eigenvalue weighted by Crippen LogP contribution is 2.26. The summed E-state index contributed by atoms with van der Waals surface area (Å²) in [6.45, 7) is 2.42. The molecule has 0 heterocycles. The number of aliphatic carboxylic acids is 1. The van der Waals surface area contributed by atoms with E-state index in [0.717, 1.165) is 4.47 Å². The molecule has 4 nitrogen and oxygen atoms in total. The molecule has 0 radical (unpaired) electrons. The molecule has 17 heavy (non-hydrogen) atoms. The van der Waals surface area contributed by atoms with Crippen molar-refractivity contribution in [1.29, 1.82) is 5.26 Å². The standard InChI is InChI=1S/C12H10BrNO3/c1-2-17-11-4-3-8(6-10(11)13)5-9(7-14)12(15)16/h3-6H,2H2,1H3,(H,15,16). The van der Waals surface area contributed by atoms with Crippen LogP contribution in [0.3, 0.4) is 0 Å². The van der Waals surface area contributed by atoms with E-state index in [1.165, 1.54) is 6.08 Å². The van der Waals surface area contributed by atoms with Crippen LogP contribution in [0.25, 0.3) is 6.08 Å². The Labute approximate surface area is 107 Å². The van der Waals surface area contributed by atoms with E-state index < -0.39 is 5.97 Å². The fourth-order valence-corrected chi connectivity index (χ4v) is 1.70. The second-order valence-corrected chi connectivity index (χ2v) is 3.95. The molecule has 0 aliphatic heterocycles. The third kappa shape index (κ3) is 3.61. The second-order valence-electron chi connectivity index (χ2n) is 3.10. The highest BCUT2D eigenvalue weighted by molar-refractivity contribution is 9.10. The van der Waals surface area contributed by atoms with E-state index in [4.69, 9.17) is 15.1 Å². The SMILES string of the molecule is CCOc1ccc(C=C(C#N)C(=O)O)cc1Br. The molecule has 0 saturated carbocycles. The minimum absolute atomic E-state index is 0.305. The monoisotopic (exact) mass is 295 g/mol. The molecule has 0 amide bonds. The molecule has 0 fully saturated rings. The first-order chi connectivity index (χ1) is 8.08. The topological polar surface area (TPSA) is 70.3 Å². The number of rotatable bonds is 4. The Morgan fingerprint density at radius 1 is 1.65 bits per heavy atom. The number of halogens is 1. The summed E-state index contributed by atoms with van der Waals surface area (Å²) >= 11 is 3.31. The summed E-state index contributed by atoms with van der Waals surface area (Å²) in [6.07, 6.45) is 1.31. The molecular weight excluding hydrogens is 286 g/mol. The molecule has 0 aromatic heterocycles. The molecule has 88 valence electrons. The van der Waals surface area contributed by atoms with Crippen molar-refractivity contribution in [2.24, 2.45) is 0 Å². The van der Waals surface area contributed by atoms with Crippen molar-refractivity contribution in [3.8, 4) is 11.8 Å². The summed E-state index contributed by atoms with van der Waals surface area (Å²) in [5.41, 5.74) is 0.320. The number of ether oxygens (including phenoxy) is 1. The highest BCUT2D eigenvalue weighted by Gasteiger charge is 2.07. The van der Waals surface area contributed by atoms with Crippen molar-refractivity contribution in [3.63, 3.8) is 0 Å². The molecule has 0 unspecified atom stereocenters. The summed E-state index contributed by atoms with van der Waals surface area (Å²) in [7, 11) is 0. The number of hydrogen-bond donors (Lipinski definition) is 1. The summed E-state index contributed by atoms with van der Waals surface area (Å²) in [4.78, 5) is 10.7. The Morgan fingerprint density at radius 3 is 2.82 bits per heavy atom. The number of nitrogens with zero attached hydrogens (tertiary/aromatic N) is 1. The second kappa shape index (κ2) is 6.06. The molecule has 0 bridgehead atoms. The van der Waals surface area contributed by atoms with Gasteiger partial charge in [0.1, 0.15) is 17.4 Å². The van der Waals surface area contributed by atoms with E-state index in [9.17, 15) is 4.79 Å². The van der Waals surface area contributed by atoms with E-state index in [0.29, 0.717) is 17.9 Å². The van der Waals surface area contributed by atoms with E-state index in [1.807, 2.05) is 6.92 Å². The summed E-state index contributed by atoms with van der Waals surface area (Å²) in [5.74, 6) is -0.559. The molecule has 0 atom stereocenters. The number of nitriles is 1. The maximum absolute atomic E-state index is 10.7. The van der Waals surface area contributed by atoms with Crippen LogP contribution in [0.15, 0.2) is 28.2 Å². The smallest absolute Gasteiger partial charge is 0.346 e. The van der Waals surface area contributed by atoms with Gasteiger partial charge in [0.05, 0.1) is 11.1 Å². The zero-order valence-electron chi connectivity index (χ0n) is 9.11. The molecule has 0 spiro atoms. The van der Waals surface area contributed by atoms with Crippen molar-refractivity contribution in [3.05, 3.63) is 33.8 Å². The van der Waals surface area contributed by atoms with Gasteiger partial charge < -0.3 is 9.84 Å². The van der Waals surface area contributed by atoms with Crippen LogP contribution in [0.5, 0.6) is 5.75 Å². The van der Waals surface area contributed by atoms with Crippen molar-refractivity contribution in [2.75, 3.05) is 6.61 Å². The molecule has 5 heteroatoms. The summed E-state index contributed by atoms with van der Waals surface area (Å²) in [6, 6.07) is 6.73. The van der Waals surface area contributed by atoms with Crippen LogP contribution in [-0.2, 0) is 4.79 Å². The summed E-state index contributed by atoms with van der Waals surface area (Å²) in [5, 5.41) is 17.3. The molecule has 0 aliphatic carbocycles. The van der Waals surface area contributed by atoms with Gasteiger partial charge in [-0.05, 0) is 46.6 Å². The Bertz CT molecular complexity index is 503. The molecule has 1 rings (SSSR count). The number of hydrogen-bond acceptors (Lipinski definition) is 3. The first kappa shape index (κ1) is 13.3. The predicted molar refractivity (Wildman–Crippen MR) is 66.5 cm³/mol. The fraction of sp³-hybridized carbons (Fsp3) is 0.167. The van der Waals surface area contributed by atoms with E-state index in [2.05, 4.69) is 15.9 Å². The van der Waals surface area contributed by atoms with Gasteiger partial charge in [0.25, 0.3) is 0 Å². The van der Waals surface area contributed by atoms with Crippen molar-refractivity contribution < 1.29 is 14.6 Å². The lowest BCUT2D eigenvalue weighted by molar-refractivity contribution is -0.132. The number of carboxylic acids is 1. The number of carbonyl (C=O) groups is 1. The van der Waals surface area contributed by atoms with Crippen LogP contribution in [0.1, 0.15) is 12.5 Å². The summed E-state index contributed by atoms with van der Waals surface area (Å²) < 4.78 is 6.04. The molecule has 1 N–H and O–H groups in total. The first-order valence-electron chi connectivity index (χ1n) is 4.86. The van der Waals surface area contributed by atoms with Gasteiger partial charge in [-0.3, -0.25) is 0 Å². The van der Waals surface area contributed by atoms with Gasteiger partial charge in [0.15, 0.2) is 0 Å². The quantitative estimate of drug-likeness (QED) is 0.685. The average Bonchev–Trinajstić information content (AvgIpc) is 2.29. The van der Waals surface area contributed by atoms with Crippen LogP contribution in [0.2, 0.25) is 0 Å². The van der Waals surface area contributed by atoms with Gasteiger partial charge in [-0.25, -0.2) is 4.79 Å². The van der Waals surface area contributed by atoms with Crippen molar-refractivity contribution in [1.82, 2.24) is 0 Å². The predicted octanol–water partition coefficient (Wildman–Crippen LogP) is 2.84. The molecular formula is C12H10BrNO3. The van der Waals surface area contributed by atoms with E-state index in [-0.39, 0.29) is 5.57 Å². The Kier molecular flexibility index (Phi) is 4.73. The lowest BCUT2D eigenvalue weighted by Crippen LogP contribution is -1.97. The van der Waals surface area contributed by atoms with Gasteiger partial charge in [-0.15, -0.1) is 0 Å². The van der Waals surface area contributed by atoms with Crippen LogP contribution >= 0.6 is 15.9 Å². The van der Waals surface area contributed by atoms with Gasteiger partial charge in [0, 0.05) is 0 Å². The van der Waals surface area contributed by atoms with Crippen LogP contribution in [0, 0.1) is 11.3 Å². The molecule has 1 aromatic carbocycles. The maximum Gasteiger partial charge on any atom is 0.346 e.